The number of rotatable bonds is 4. The van der Waals surface area contributed by atoms with Gasteiger partial charge in [0.1, 0.15) is 0 Å². The van der Waals surface area contributed by atoms with Crippen LogP contribution in [-0.2, 0) is 28.8 Å². The molecule has 0 amide bonds. The minimum atomic E-state index is 0. The molecular weight excluding hydrogens is 779 g/mol. The fourth-order valence-electron chi connectivity index (χ4n) is 8.34. The quantitative estimate of drug-likeness (QED) is 0.123. The second-order valence-electron chi connectivity index (χ2n) is 15.6. The maximum absolute atomic E-state index is 3.06. The van der Waals surface area contributed by atoms with Gasteiger partial charge in [-0.1, -0.05) is 138 Å². The van der Waals surface area contributed by atoms with Crippen LogP contribution in [0.3, 0.4) is 0 Å². The van der Waals surface area contributed by atoms with Gasteiger partial charge < -0.3 is 14.9 Å². The van der Waals surface area contributed by atoms with Gasteiger partial charge >= 0.3 is 30.2 Å². The summed E-state index contributed by atoms with van der Waals surface area (Å²) in [5, 5.41) is 5.56. The van der Waals surface area contributed by atoms with E-state index in [9.17, 15) is 0 Å². The first-order valence-corrected chi connectivity index (χ1v) is 22.8. The average molecular weight is 839 g/mol. The fraction of sp³-hybridized carbons (Fsp3) is 0.347. The molecule has 4 heteroatoms. The molecule has 0 aromatic heterocycles. The summed E-state index contributed by atoms with van der Waals surface area (Å²) in [5.41, 5.74) is 11.5. The van der Waals surface area contributed by atoms with Gasteiger partial charge in [-0.2, -0.15) is 12.1 Å². The topological polar surface area (TPSA) is 0 Å². The van der Waals surface area contributed by atoms with Gasteiger partial charge in [0.25, 0.3) is 0 Å². The molecule has 0 unspecified atom stereocenters. The molecular formula is C49H60Cl2SiZr-4. The molecule has 0 atom stereocenters. The molecule has 8 rings (SSSR count). The molecule has 2 radical (unpaired) electrons. The molecule has 0 nitrogen and oxygen atoms in total. The third-order valence-corrected chi connectivity index (χ3v) is 11.1. The van der Waals surface area contributed by atoms with Gasteiger partial charge in [-0.25, -0.2) is 0 Å². The Morgan fingerprint density at radius 1 is 0.566 bits per heavy atom. The molecule has 0 heterocycles. The van der Waals surface area contributed by atoms with Crippen LogP contribution in [0.2, 0.25) is 0 Å². The van der Waals surface area contributed by atoms with Gasteiger partial charge in [0, 0.05) is 0 Å². The van der Waals surface area contributed by atoms with Crippen LogP contribution in [0, 0.1) is 21.8 Å². The van der Waals surface area contributed by atoms with E-state index in [-0.39, 0.29) is 45.1 Å². The van der Waals surface area contributed by atoms with Crippen LogP contribution in [0.15, 0.2) is 109 Å². The van der Waals surface area contributed by atoms with Gasteiger partial charge in [0.2, 0.25) is 0 Å². The summed E-state index contributed by atoms with van der Waals surface area (Å²) in [7, 11) is 0. The zero-order chi connectivity index (χ0) is 34.4. The van der Waals surface area contributed by atoms with Crippen molar-refractivity contribution in [2.24, 2.45) is 0 Å². The Kier molecular flexibility index (Phi) is 19.3. The molecule has 53 heavy (non-hydrogen) atoms. The molecule has 2 aliphatic rings. The summed E-state index contributed by atoms with van der Waals surface area (Å²) in [4.78, 5) is 0. The Labute approximate surface area is 351 Å². The van der Waals surface area contributed by atoms with E-state index in [0.29, 0.717) is 0 Å². The number of halogens is 2. The monoisotopic (exact) mass is 836 g/mol. The zero-order valence-corrected chi connectivity index (χ0v) is 38.0. The molecule has 2 fully saturated rings. The zero-order valence-electron chi connectivity index (χ0n) is 32.9. The summed E-state index contributed by atoms with van der Waals surface area (Å²) >= 11 is 1.36. The van der Waals surface area contributed by atoms with E-state index in [2.05, 4.69) is 144 Å². The van der Waals surface area contributed by atoms with Gasteiger partial charge in [0.05, 0.1) is 0 Å². The van der Waals surface area contributed by atoms with Gasteiger partial charge in [-0.3, -0.25) is 0 Å². The number of benzene rings is 4. The Bertz CT molecular complexity index is 1950. The second-order valence-corrected chi connectivity index (χ2v) is 15.6. The molecule has 0 bridgehead atoms. The predicted octanol–water partition coefficient (Wildman–Crippen LogP) is 15.5. The van der Waals surface area contributed by atoms with E-state index >= 15 is 0 Å². The summed E-state index contributed by atoms with van der Waals surface area (Å²) < 4.78 is 0. The van der Waals surface area contributed by atoms with E-state index in [0.717, 1.165) is 11.8 Å². The molecule has 6 aromatic rings. The van der Waals surface area contributed by atoms with E-state index < -0.39 is 0 Å². The third-order valence-electron chi connectivity index (χ3n) is 11.1. The van der Waals surface area contributed by atoms with Crippen molar-refractivity contribution in [2.45, 2.75) is 109 Å². The minimum absolute atomic E-state index is 0. The molecule has 2 saturated carbocycles. The number of fused-ring (bicyclic) bond motifs is 2. The van der Waals surface area contributed by atoms with Crippen LogP contribution in [0.25, 0.3) is 43.8 Å². The molecule has 6 aromatic carbocycles. The van der Waals surface area contributed by atoms with Crippen molar-refractivity contribution < 1.29 is 23.3 Å². The van der Waals surface area contributed by atoms with Crippen LogP contribution >= 0.6 is 24.8 Å². The Morgan fingerprint density at radius 2 is 1.02 bits per heavy atom. The van der Waals surface area contributed by atoms with Crippen molar-refractivity contribution in [3.05, 3.63) is 146 Å². The van der Waals surface area contributed by atoms with Gasteiger partial charge in [-0.05, 0) is 65.2 Å². The number of hydrogen-bond donors (Lipinski definition) is 0. The molecule has 0 spiro atoms. The molecule has 282 valence electrons. The van der Waals surface area contributed by atoms with Crippen LogP contribution in [0.1, 0.15) is 119 Å². The first kappa shape index (κ1) is 46.9. The maximum atomic E-state index is 3.06. The SMILES string of the molecule is CC(C)(C)c1ccc(-c2cccc3[cH-]c(C4CCCCC4)cc23)cc1.Cc1cc2c(-c3ccc(C4CCCCC4)cc3)cccc2[cH-]1.Cl.Cl.[CH3-].[CH3-].[Si]=[Zr]. The standard InChI is InChI=1S/C25H29.C22H23.2CH3.2ClH.Si.Zr/c1-25(2,3)22-14-12-19(13-15-22)23-11-7-10-20-16-21(17-24(20)23)18-8-5-4-6-9-18;1-16-14-20-8-5-9-21(22(20)15-16)19-12-10-18(11-13-19)17-6-3-2-4-7-17;;;;;;/h7,10-18H,4-6,8-9H2,1-3H3;5,8-15,17H,2-4,6-7H2,1H3;2*1H3;2*1H;;/q4*-1;;;;. The molecule has 2 aliphatic carbocycles. The van der Waals surface area contributed by atoms with Gasteiger partial charge in [0.15, 0.2) is 0 Å². The van der Waals surface area contributed by atoms with E-state index in [1.807, 2.05) is 0 Å². The average Bonchev–Trinajstić information content (AvgIpc) is 3.76. The second kappa shape index (κ2) is 21.8. The van der Waals surface area contributed by atoms with Crippen molar-refractivity contribution in [1.82, 2.24) is 0 Å². The van der Waals surface area contributed by atoms with Crippen molar-refractivity contribution >= 4 is 53.2 Å². The first-order chi connectivity index (χ1) is 23.8. The molecule has 0 N–H and O–H groups in total. The van der Waals surface area contributed by atoms with E-state index in [4.69, 9.17) is 0 Å². The Morgan fingerprint density at radius 3 is 1.53 bits per heavy atom. The summed E-state index contributed by atoms with van der Waals surface area (Å²) in [5.74, 6) is 1.57. The summed E-state index contributed by atoms with van der Waals surface area (Å²) in [6, 6.07) is 41.4. The van der Waals surface area contributed by atoms with Crippen LogP contribution in [0.4, 0.5) is 0 Å². The molecule has 0 saturated heterocycles. The Balaban J connectivity index is 0.000000329. The number of hydrogen-bond acceptors (Lipinski definition) is 0. The van der Waals surface area contributed by atoms with Crippen LogP contribution < -0.4 is 0 Å². The van der Waals surface area contributed by atoms with Crippen molar-refractivity contribution in [2.75, 3.05) is 0 Å². The van der Waals surface area contributed by atoms with Crippen LogP contribution in [0.5, 0.6) is 0 Å². The first-order valence-electron chi connectivity index (χ1n) is 18.7. The normalized spacial score (nSPS) is 14.5. The van der Waals surface area contributed by atoms with Crippen molar-refractivity contribution in [3.8, 4) is 22.3 Å². The van der Waals surface area contributed by atoms with E-state index in [1.165, 1.54) is 148 Å². The fourth-order valence-corrected chi connectivity index (χ4v) is 8.34. The van der Waals surface area contributed by atoms with Crippen molar-refractivity contribution in [1.29, 1.82) is 0 Å². The van der Waals surface area contributed by atoms with Gasteiger partial charge in [-0.15, -0.1) is 93.9 Å². The molecule has 0 aliphatic heterocycles. The van der Waals surface area contributed by atoms with Crippen LogP contribution in [-0.4, -0.2) is 6.88 Å². The summed E-state index contributed by atoms with van der Waals surface area (Å²) in [6.45, 7) is 12.1. The van der Waals surface area contributed by atoms with E-state index in [1.54, 1.807) is 5.56 Å². The third kappa shape index (κ3) is 11.4. The summed E-state index contributed by atoms with van der Waals surface area (Å²) in [6.07, 6.45) is 13.9. The predicted molar refractivity (Wildman–Crippen MR) is 238 cm³/mol. The number of aryl methyl sites for hydroxylation is 1. The van der Waals surface area contributed by atoms with Crippen molar-refractivity contribution in [3.63, 3.8) is 0 Å². The Hall–Kier alpha value is -2.22.